The maximum atomic E-state index is 8.64. The van der Waals surface area contributed by atoms with Gasteiger partial charge in [0.15, 0.2) is 0 Å². The summed E-state index contributed by atoms with van der Waals surface area (Å²) in [6.45, 7) is 4.87. The number of unbranched alkanes of at least 4 members (excludes halogenated alkanes) is 7. The van der Waals surface area contributed by atoms with Crippen molar-refractivity contribution in [3.63, 3.8) is 0 Å². The molecular weight excluding hydrogens is 196 g/mol. The average Bonchev–Trinajstić information content (AvgIpc) is 2.29. The van der Waals surface area contributed by atoms with Gasteiger partial charge in [0.2, 0.25) is 0 Å². The minimum absolute atomic E-state index is 0.357. The lowest BCUT2D eigenvalue weighted by molar-refractivity contribution is 0.282. The summed E-state index contributed by atoms with van der Waals surface area (Å²) in [7, 11) is 0. The lowest BCUT2D eigenvalue weighted by Crippen LogP contribution is -1.85. The first-order valence-electron chi connectivity index (χ1n) is 7.07. The highest BCUT2D eigenvalue weighted by Crippen LogP contribution is 2.12. The maximum Gasteiger partial charge on any atom is 0.0431 e. The minimum Gasteiger partial charge on any atom is -0.396 e. The molecule has 0 aromatic carbocycles. The van der Waals surface area contributed by atoms with Gasteiger partial charge in [-0.25, -0.2) is 0 Å². The van der Waals surface area contributed by atoms with Crippen molar-refractivity contribution in [3.05, 3.63) is 11.6 Å². The Hall–Kier alpha value is -0.300. The molecule has 96 valence electrons. The lowest BCUT2D eigenvalue weighted by atomic mass is 10.0. The molecule has 0 radical (unpaired) electrons. The highest BCUT2D eigenvalue weighted by Gasteiger charge is 1.93. The first-order chi connectivity index (χ1) is 7.81. The highest BCUT2D eigenvalue weighted by molar-refractivity contribution is 4.97. The molecule has 0 atom stereocenters. The molecule has 0 aliphatic carbocycles. The van der Waals surface area contributed by atoms with E-state index >= 15 is 0 Å². The van der Waals surface area contributed by atoms with E-state index in [2.05, 4.69) is 19.9 Å². The molecule has 0 bridgehead atoms. The molecular formula is C15H30O. The number of hydrogen-bond donors (Lipinski definition) is 1. The fourth-order valence-corrected chi connectivity index (χ4v) is 1.89. The van der Waals surface area contributed by atoms with E-state index in [1.807, 2.05) is 0 Å². The maximum absolute atomic E-state index is 8.64. The van der Waals surface area contributed by atoms with Crippen LogP contribution in [0.3, 0.4) is 0 Å². The van der Waals surface area contributed by atoms with Gasteiger partial charge in [-0.15, -0.1) is 0 Å². The normalized spacial score (nSPS) is 12.1. The number of aliphatic hydroxyl groups excluding tert-OH is 1. The Bertz CT molecular complexity index is 161. The van der Waals surface area contributed by atoms with Gasteiger partial charge < -0.3 is 5.11 Å². The predicted octanol–water partition coefficient (Wildman–Crippen LogP) is 4.85. The summed E-state index contributed by atoms with van der Waals surface area (Å²) in [6.07, 6.45) is 15.1. The third-order valence-electron chi connectivity index (χ3n) is 3.03. The van der Waals surface area contributed by atoms with Crippen LogP contribution in [-0.4, -0.2) is 11.7 Å². The molecule has 0 saturated heterocycles. The molecule has 0 aromatic heterocycles. The van der Waals surface area contributed by atoms with Crippen LogP contribution < -0.4 is 0 Å². The van der Waals surface area contributed by atoms with Crippen molar-refractivity contribution in [1.82, 2.24) is 0 Å². The van der Waals surface area contributed by atoms with Crippen molar-refractivity contribution >= 4 is 0 Å². The van der Waals surface area contributed by atoms with E-state index in [1.165, 1.54) is 57.8 Å². The summed E-state index contributed by atoms with van der Waals surface area (Å²) < 4.78 is 0. The Balaban J connectivity index is 3.25. The Morgan fingerprint density at radius 3 is 2.31 bits per heavy atom. The van der Waals surface area contributed by atoms with E-state index in [1.54, 1.807) is 5.57 Å². The smallest absolute Gasteiger partial charge is 0.0431 e. The van der Waals surface area contributed by atoms with Crippen molar-refractivity contribution in [2.75, 3.05) is 6.61 Å². The Morgan fingerprint density at radius 2 is 1.62 bits per heavy atom. The van der Waals surface area contributed by atoms with Crippen molar-refractivity contribution < 1.29 is 5.11 Å². The molecule has 0 rings (SSSR count). The molecule has 0 fully saturated rings. The number of hydrogen-bond acceptors (Lipinski definition) is 1. The fraction of sp³-hybridized carbons (Fsp3) is 0.867. The van der Waals surface area contributed by atoms with Crippen LogP contribution in [0.5, 0.6) is 0 Å². The molecule has 1 heteroatoms. The predicted molar refractivity (Wildman–Crippen MR) is 72.7 cm³/mol. The van der Waals surface area contributed by atoms with Gasteiger partial charge in [-0.3, -0.25) is 0 Å². The SMILES string of the molecule is CCCCCC=C(C)CCCCCCCO. The van der Waals surface area contributed by atoms with Gasteiger partial charge in [0.25, 0.3) is 0 Å². The quantitative estimate of drug-likeness (QED) is 0.394. The molecule has 1 nitrogen and oxygen atoms in total. The van der Waals surface area contributed by atoms with Gasteiger partial charge in [0.1, 0.15) is 0 Å². The summed E-state index contributed by atoms with van der Waals surface area (Å²) in [5.41, 5.74) is 1.57. The second kappa shape index (κ2) is 12.8. The van der Waals surface area contributed by atoms with Crippen LogP contribution in [-0.2, 0) is 0 Å². The number of rotatable bonds is 11. The summed E-state index contributed by atoms with van der Waals surface area (Å²) in [4.78, 5) is 0. The molecule has 0 aliphatic heterocycles. The zero-order valence-corrected chi connectivity index (χ0v) is 11.3. The molecule has 1 N–H and O–H groups in total. The Morgan fingerprint density at radius 1 is 0.938 bits per heavy atom. The van der Waals surface area contributed by atoms with Gasteiger partial charge in [-0.2, -0.15) is 0 Å². The molecule has 0 saturated carbocycles. The summed E-state index contributed by atoms with van der Waals surface area (Å²) in [5.74, 6) is 0. The fourth-order valence-electron chi connectivity index (χ4n) is 1.89. The van der Waals surface area contributed by atoms with Crippen LogP contribution in [0, 0.1) is 0 Å². The van der Waals surface area contributed by atoms with Crippen LogP contribution in [0.1, 0.15) is 78.1 Å². The van der Waals surface area contributed by atoms with Crippen molar-refractivity contribution in [2.24, 2.45) is 0 Å². The third-order valence-corrected chi connectivity index (χ3v) is 3.03. The van der Waals surface area contributed by atoms with E-state index in [4.69, 9.17) is 5.11 Å². The molecule has 0 amide bonds. The van der Waals surface area contributed by atoms with Crippen molar-refractivity contribution in [2.45, 2.75) is 78.1 Å². The van der Waals surface area contributed by atoms with E-state index < -0.39 is 0 Å². The van der Waals surface area contributed by atoms with Gasteiger partial charge in [-0.05, 0) is 39.0 Å². The molecule has 0 heterocycles. The van der Waals surface area contributed by atoms with Gasteiger partial charge >= 0.3 is 0 Å². The van der Waals surface area contributed by atoms with E-state index in [9.17, 15) is 0 Å². The largest absolute Gasteiger partial charge is 0.396 e. The Labute approximate surface area is 102 Å². The van der Waals surface area contributed by atoms with Crippen molar-refractivity contribution in [1.29, 1.82) is 0 Å². The van der Waals surface area contributed by atoms with Crippen LogP contribution in [0.2, 0.25) is 0 Å². The first-order valence-corrected chi connectivity index (χ1v) is 7.07. The standard InChI is InChI=1S/C15H30O/c1-3-4-5-9-12-15(2)13-10-7-6-8-11-14-16/h12,16H,3-11,13-14H2,1-2H3. The monoisotopic (exact) mass is 226 g/mol. The van der Waals surface area contributed by atoms with Gasteiger partial charge in [-0.1, -0.05) is 50.7 Å². The zero-order valence-electron chi connectivity index (χ0n) is 11.3. The number of allylic oxidation sites excluding steroid dienone is 2. The van der Waals surface area contributed by atoms with E-state index in [-0.39, 0.29) is 0 Å². The third kappa shape index (κ3) is 11.8. The Kier molecular flexibility index (Phi) is 12.5. The number of aliphatic hydroxyl groups is 1. The minimum atomic E-state index is 0.357. The van der Waals surface area contributed by atoms with Gasteiger partial charge in [0.05, 0.1) is 0 Å². The van der Waals surface area contributed by atoms with Crippen LogP contribution in [0.25, 0.3) is 0 Å². The summed E-state index contributed by atoms with van der Waals surface area (Å²) in [5, 5.41) is 8.64. The van der Waals surface area contributed by atoms with Crippen LogP contribution in [0.15, 0.2) is 11.6 Å². The molecule has 0 unspecified atom stereocenters. The molecule has 0 aromatic rings. The topological polar surface area (TPSA) is 20.2 Å². The zero-order chi connectivity index (χ0) is 12.1. The van der Waals surface area contributed by atoms with Crippen LogP contribution in [0.4, 0.5) is 0 Å². The van der Waals surface area contributed by atoms with Crippen molar-refractivity contribution in [3.8, 4) is 0 Å². The van der Waals surface area contributed by atoms with Crippen LogP contribution >= 0.6 is 0 Å². The van der Waals surface area contributed by atoms with Gasteiger partial charge in [0, 0.05) is 6.61 Å². The molecule has 0 spiro atoms. The second-order valence-electron chi connectivity index (χ2n) is 4.79. The highest BCUT2D eigenvalue weighted by atomic mass is 16.2. The van der Waals surface area contributed by atoms with E-state index in [0.717, 1.165) is 6.42 Å². The summed E-state index contributed by atoms with van der Waals surface area (Å²) in [6, 6.07) is 0. The molecule has 16 heavy (non-hydrogen) atoms. The molecule has 0 aliphatic rings. The average molecular weight is 226 g/mol. The van der Waals surface area contributed by atoms with E-state index in [0.29, 0.717) is 6.61 Å². The summed E-state index contributed by atoms with van der Waals surface area (Å²) >= 11 is 0. The lowest BCUT2D eigenvalue weighted by Gasteiger charge is -2.02. The second-order valence-corrected chi connectivity index (χ2v) is 4.79. The first kappa shape index (κ1) is 15.7.